The summed E-state index contributed by atoms with van der Waals surface area (Å²) in [4.78, 5) is 13.1. The highest BCUT2D eigenvalue weighted by Crippen LogP contribution is 2.41. The van der Waals surface area contributed by atoms with E-state index in [0.717, 1.165) is 37.2 Å². The lowest BCUT2D eigenvalue weighted by Gasteiger charge is -2.31. The molecule has 0 bridgehead atoms. The molecule has 2 aliphatic rings. The van der Waals surface area contributed by atoms with E-state index in [9.17, 15) is 4.79 Å². The van der Waals surface area contributed by atoms with Gasteiger partial charge >= 0.3 is 0 Å². The molecular weight excluding hydrogens is 388 g/mol. The van der Waals surface area contributed by atoms with E-state index in [2.05, 4.69) is 33.9 Å². The molecule has 1 amide bonds. The van der Waals surface area contributed by atoms with Crippen molar-refractivity contribution in [3.63, 3.8) is 0 Å². The summed E-state index contributed by atoms with van der Waals surface area (Å²) in [6.45, 7) is 2.23. The van der Waals surface area contributed by atoms with Gasteiger partial charge in [-0.3, -0.25) is 9.48 Å². The molecule has 0 radical (unpaired) electrons. The molecule has 2 heterocycles. The van der Waals surface area contributed by atoms with Crippen molar-refractivity contribution in [2.75, 3.05) is 26.7 Å². The molecule has 0 spiro atoms. The van der Waals surface area contributed by atoms with E-state index in [1.165, 1.54) is 18.4 Å². The lowest BCUT2D eigenvalue weighted by molar-refractivity contribution is -0.125. The van der Waals surface area contributed by atoms with Crippen LogP contribution in [0, 0.1) is 5.92 Å². The van der Waals surface area contributed by atoms with E-state index < -0.39 is 0 Å². The SMILES string of the molecule is COc1cccc(C2(CNC(=O)[C@H]3CNC[C@@H]3c3cnn(C)c3)CCCC2)c1.Cl. The van der Waals surface area contributed by atoms with Crippen molar-refractivity contribution in [2.45, 2.75) is 37.0 Å². The number of amides is 1. The van der Waals surface area contributed by atoms with Gasteiger partial charge in [-0.2, -0.15) is 5.10 Å². The van der Waals surface area contributed by atoms with E-state index >= 15 is 0 Å². The molecule has 1 aromatic heterocycles. The zero-order chi connectivity index (χ0) is 19.6. The van der Waals surface area contributed by atoms with Crippen LogP contribution in [0.5, 0.6) is 5.75 Å². The number of halogens is 1. The van der Waals surface area contributed by atoms with Gasteiger partial charge in [0, 0.05) is 44.2 Å². The van der Waals surface area contributed by atoms with Gasteiger partial charge in [-0.25, -0.2) is 0 Å². The highest BCUT2D eigenvalue weighted by molar-refractivity contribution is 5.85. The highest BCUT2D eigenvalue weighted by atomic mass is 35.5. The molecule has 4 rings (SSSR count). The maximum Gasteiger partial charge on any atom is 0.225 e. The first-order valence-corrected chi connectivity index (χ1v) is 10.2. The quantitative estimate of drug-likeness (QED) is 0.756. The van der Waals surface area contributed by atoms with Crippen molar-refractivity contribution in [3.8, 4) is 5.75 Å². The number of aromatic nitrogens is 2. The van der Waals surface area contributed by atoms with Gasteiger partial charge < -0.3 is 15.4 Å². The molecule has 1 aromatic carbocycles. The Balaban J connectivity index is 0.00000240. The smallest absolute Gasteiger partial charge is 0.225 e. The van der Waals surface area contributed by atoms with Crippen molar-refractivity contribution >= 4 is 18.3 Å². The Morgan fingerprint density at radius 2 is 2.14 bits per heavy atom. The Morgan fingerprint density at radius 3 is 2.83 bits per heavy atom. The summed E-state index contributed by atoms with van der Waals surface area (Å²) in [5.41, 5.74) is 2.43. The molecule has 7 heteroatoms. The number of nitrogens with one attached hydrogen (secondary N) is 2. The van der Waals surface area contributed by atoms with Crippen LogP contribution < -0.4 is 15.4 Å². The second kappa shape index (κ2) is 9.18. The molecule has 1 aliphatic heterocycles. The van der Waals surface area contributed by atoms with Crippen LogP contribution in [-0.2, 0) is 17.3 Å². The molecule has 0 unspecified atom stereocenters. The van der Waals surface area contributed by atoms with E-state index in [-0.39, 0.29) is 35.6 Å². The number of hydrogen-bond acceptors (Lipinski definition) is 4. The maximum absolute atomic E-state index is 13.1. The van der Waals surface area contributed by atoms with Gasteiger partial charge in [0.05, 0.1) is 19.2 Å². The summed E-state index contributed by atoms with van der Waals surface area (Å²) in [5, 5.41) is 11.0. The average molecular weight is 419 g/mol. The number of rotatable bonds is 6. The zero-order valence-corrected chi connectivity index (χ0v) is 18.0. The number of carbonyl (C=O) groups is 1. The molecule has 1 saturated carbocycles. The van der Waals surface area contributed by atoms with Gasteiger partial charge in [-0.1, -0.05) is 25.0 Å². The van der Waals surface area contributed by atoms with Crippen molar-refractivity contribution in [2.24, 2.45) is 13.0 Å². The van der Waals surface area contributed by atoms with Crippen LogP contribution >= 0.6 is 12.4 Å². The summed E-state index contributed by atoms with van der Waals surface area (Å²) >= 11 is 0. The monoisotopic (exact) mass is 418 g/mol. The minimum absolute atomic E-state index is 0. The second-order valence-corrected chi connectivity index (χ2v) is 8.26. The first kappa shape index (κ1) is 21.7. The first-order valence-electron chi connectivity index (χ1n) is 10.2. The van der Waals surface area contributed by atoms with Crippen LogP contribution in [0.2, 0.25) is 0 Å². The summed E-state index contributed by atoms with van der Waals surface area (Å²) < 4.78 is 7.23. The Hall–Kier alpha value is -2.05. The lowest BCUT2D eigenvalue weighted by atomic mass is 9.78. The van der Waals surface area contributed by atoms with Crippen molar-refractivity contribution < 1.29 is 9.53 Å². The Labute approximate surface area is 178 Å². The molecular formula is C22H31ClN4O2. The fraction of sp³-hybridized carbons (Fsp3) is 0.545. The number of carbonyl (C=O) groups excluding carboxylic acids is 1. The van der Waals surface area contributed by atoms with E-state index in [1.54, 1.807) is 11.8 Å². The van der Waals surface area contributed by atoms with Gasteiger partial charge in [0.1, 0.15) is 5.75 Å². The van der Waals surface area contributed by atoms with Crippen LogP contribution in [0.25, 0.3) is 0 Å². The predicted octanol–water partition coefficient (Wildman–Crippen LogP) is 2.78. The van der Waals surface area contributed by atoms with Gasteiger partial charge in [-0.05, 0) is 36.1 Å². The minimum Gasteiger partial charge on any atom is -0.497 e. The molecule has 2 N–H and O–H groups in total. The number of benzene rings is 1. The normalized spacial score (nSPS) is 22.8. The number of hydrogen-bond donors (Lipinski definition) is 2. The van der Waals surface area contributed by atoms with Crippen molar-refractivity contribution in [1.29, 1.82) is 0 Å². The third kappa shape index (κ3) is 4.43. The van der Waals surface area contributed by atoms with Crippen molar-refractivity contribution in [3.05, 3.63) is 47.8 Å². The van der Waals surface area contributed by atoms with Crippen LogP contribution in [0.15, 0.2) is 36.7 Å². The standard InChI is InChI=1S/C22H30N4O2.ClH/c1-26-14-16(11-25-26)19-12-23-13-20(19)21(27)24-15-22(8-3-4-9-22)17-6-5-7-18(10-17)28-2;/h5-7,10-11,14,19-20,23H,3-4,8-9,12-13,15H2,1-2H3,(H,24,27);1H/t19-,20+;/m1./s1. The third-order valence-corrected chi connectivity index (χ3v) is 6.55. The summed E-state index contributed by atoms with van der Waals surface area (Å²) in [6.07, 6.45) is 8.52. The largest absolute Gasteiger partial charge is 0.497 e. The van der Waals surface area contributed by atoms with Crippen LogP contribution in [0.3, 0.4) is 0 Å². The highest BCUT2D eigenvalue weighted by Gasteiger charge is 2.39. The lowest BCUT2D eigenvalue weighted by Crippen LogP contribution is -2.42. The summed E-state index contributed by atoms with van der Waals surface area (Å²) in [5.74, 6) is 1.16. The molecule has 2 fully saturated rings. The van der Waals surface area contributed by atoms with E-state index in [4.69, 9.17) is 4.74 Å². The van der Waals surface area contributed by atoms with E-state index in [0.29, 0.717) is 6.54 Å². The maximum atomic E-state index is 13.1. The van der Waals surface area contributed by atoms with Crippen LogP contribution in [0.4, 0.5) is 0 Å². The molecule has 2 aromatic rings. The number of methoxy groups -OCH3 is 1. The van der Waals surface area contributed by atoms with Gasteiger partial charge in [0.15, 0.2) is 0 Å². The number of aryl methyl sites for hydroxylation is 1. The zero-order valence-electron chi connectivity index (χ0n) is 17.2. The molecule has 1 aliphatic carbocycles. The van der Waals surface area contributed by atoms with Gasteiger partial charge in [0.2, 0.25) is 5.91 Å². The Morgan fingerprint density at radius 1 is 1.34 bits per heavy atom. The molecule has 2 atom stereocenters. The second-order valence-electron chi connectivity index (χ2n) is 8.26. The summed E-state index contributed by atoms with van der Waals surface area (Å²) in [7, 11) is 3.62. The molecule has 6 nitrogen and oxygen atoms in total. The predicted molar refractivity (Wildman–Crippen MR) is 116 cm³/mol. The van der Waals surface area contributed by atoms with Crippen LogP contribution in [0.1, 0.15) is 42.7 Å². The topological polar surface area (TPSA) is 68.2 Å². The van der Waals surface area contributed by atoms with Crippen LogP contribution in [-0.4, -0.2) is 42.4 Å². The molecule has 1 saturated heterocycles. The van der Waals surface area contributed by atoms with E-state index in [1.807, 2.05) is 25.5 Å². The molecule has 158 valence electrons. The van der Waals surface area contributed by atoms with Gasteiger partial charge in [0.25, 0.3) is 0 Å². The first-order chi connectivity index (χ1) is 13.6. The van der Waals surface area contributed by atoms with Gasteiger partial charge in [-0.15, -0.1) is 12.4 Å². The Kier molecular flexibility index (Phi) is 6.85. The fourth-order valence-corrected chi connectivity index (χ4v) is 4.90. The Bertz CT molecular complexity index is 832. The van der Waals surface area contributed by atoms with Crippen molar-refractivity contribution in [1.82, 2.24) is 20.4 Å². The minimum atomic E-state index is -0.0482. The fourth-order valence-electron chi connectivity index (χ4n) is 4.90. The number of ether oxygens (including phenoxy) is 1. The average Bonchev–Trinajstić information content (AvgIpc) is 3.47. The summed E-state index contributed by atoms with van der Waals surface area (Å²) in [6, 6.07) is 8.34. The molecule has 29 heavy (non-hydrogen) atoms. The number of nitrogens with zero attached hydrogens (tertiary/aromatic N) is 2. The third-order valence-electron chi connectivity index (χ3n) is 6.55.